The number of aromatic nitrogens is 2. The van der Waals surface area contributed by atoms with Crippen molar-refractivity contribution in [2.45, 2.75) is 38.6 Å². The van der Waals surface area contributed by atoms with E-state index in [0.29, 0.717) is 12.1 Å². The number of carbonyl (C=O) groups excluding carboxylic acids is 1. The van der Waals surface area contributed by atoms with Gasteiger partial charge < -0.3 is 14.8 Å². The van der Waals surface area contributed by atoms with E-state index in [1.54, 1.807) is 13.8 Å². The molecule has 0 bridgehead atoms. The van der Waals surface area contributed by atoms with Gasteiger partial charge in [0, 0.05) is 29.6 Å². The maximum Gasteiger partial charge on any atom is 0.407 e. The van der Waals surface area contributed by atoms with E-state index in [0.717, 1.165) is 0 Å². The quantitative estimate of drug-likeness (QED) is 0.456. The molecule has 0 unspecified atom stereocenters. The number of hydrogen-bond donors (Lipinski definition) is 2. The molecule has 1 aromatic rings. The predicted octanol–water partition coefficient (Wildman–Crippen LogP) is 0.558. The number of nitrogens with one attached hydrogen (secondary N) is 2. The van der Waals surface area contributed by atoms with Crippen LogP contribution in [-0.2, 0) is 9.47 Å². The van der Waals surface area contributed by atoms with Crippen LogP contribution < -0.4 is 16.6 Å². The molecule has 24 heavy (non-hydrogen) atoms. The molecule has 0 aliphatic carbocycles. The lowest BCUT2D eigenvalue weighted by molar-refractivity contribution is -0.0307. The molecule has 1 amide bonds. The zero-order valence-corrected chi connectivity index (χ0v) is 13.3. The minimum Gasteiger partial charge on any atom is -0.447 e. The summed E-state index contributed by atoms with van der Waals surface area (Å²) in [6.45, 7) is 3.60. The van der Waals surface area contributed by atoms with Crippen LogP contribution in [0.25, 0.3) is 10.4 Å². The van der Waals surface area contributed by atoms with E-state index in [4.69, 9.17) is 15.0 Å². The van der Waals surface area contributed by atoms with Crippen molar-refractivity contribution >= 4 is 6.09 Å². The molecule has 11 nitrogen and oxygen atoms in total. The molecule has 3 atom stereocenters. The number of aromatic amines is 1. The van der Waals surface area contributed by atoms with Crippen molar-refractivity contribution in [2.75, 3.05) is 13.2 Å². The van der Waals surface area contributed by atoms with E-state index in [2.05, 4.69) is 20.3 Å². The standard InChI is InChI=1S/C13H18N6O5/c1-3-15-13(22)23-6-9-8(17-18-14)4-10(24-9)19-5-7(2)11(20)16-12(19)21/h5,8-10H,3-4,6H2,1-2H3,(H,15,22)(H,16,20,21)/t8-,9+,10+/m0/s1. The molecule has 2 rings (SSSR count). The highest BCUT2D eigenvalue weighted by atomic mass is 16.6. The summed E-state index contributed by atoms with van der Waals surface area (Å²) < 4.78 is 11.9. The Morgan fingerprint density at radius 3 is 3.04 bits per heavy atom. The normalized spacial score (nSPS) is 22.7. The van der Waals surface area contributed by atoms with Crippen LogP contribution in [-0.4, -0.2) is 40.9 Å². The van der Waals surface area contributed by atoms with Crippen LogP contribution >= 0.6 is 0 Å². The second-order valence-electron chi connectivity index (χ2n) is 5.24. The first kappa shape index (κ1) is 17.6. The van der Waals surface area contributed by atoms with Gasteiger partial charge in [0.15, 0.2) is 0 Å². The Bertz CT molecular complexity index is 765. The van der Waals surface area contributed by atoms with E-state index in [9.17, 15) is 14.4 Å². The molecular formula is C13H18N6O5. The number of amides is 1. The number of hydrogen-bond acceptors (Lipinski definition) is 6. The first-order valence-electron chi connectivity index (χ1n) is 7.38. The van der Waals surface area contributed by atoms with Crippen LogP contribution in [0.1, 0.15) is 25.1 Å². The van der Waals surface area contributed by atoms with E-state index in [1.807, 2.05) is 0 Å². The van der Waals surface area contributed by atoms with E-state index < -0.39 is 35.7 Å². The SMILES string of the molecule is CCNC(=O)OC[C@H]1O[C@@H](n2cc(C)c(=O)[nH]c2=O)C[C@@H]1N=[N+]=[N-]. The minimum atomic E-state index is -0.730. The summed E-state index contributed by atoms with van der Waals surface area (Å²) in [5.74, 6) is 0. The van der Waals surface area contributed by atoms with Crippen LogP contribution in [0.3, 0.4) is 0 Å². The van der Waals surface area contributed by atoms with Gasteiger partial charge in [-0.1, -0.05) is 5.11 Å². The van der Waals surface area contributed by atoms with Gasteiger partial charge in [0.25, 0.3) is 5.56 Å². The molecule has 1 aliphatic rings. The fourth-order valence-electron chi connectivity index (χ4n) is 2.38. The number of rotatable bonds is 5. The van der Waals surface area contributed by atoms with E-state index in [-0.39, 0.29) is 13.0 Å². The maximum atomic E-state index is 11.9. The third-order valence-electron chi connectivity index (χ3n) is 3.56. The van der Waals surface area contributed by atoms with Crippen molar-refractivity contribution in [3.8, 4) is 0 Å². The van der Waals surface area contributed by atoms with Gasteiger partial charge in [-0.25, -0.2) is 9.59 Å². The zero-order valence-electron chi connectivity index (χ0n) is 13.3. The molecule has 1 fully saturated rings. The van der Waals surface area contributed by atoms with Crippen molar-refractivity contribution in [1.82, 2.24) is 14.9 Å². The van der Waals surface area contributed by atoms with Gasteiger partial charge in [-0.2, -0.15) is 0 Å². The second-order valence-corrected chi connectivity index (χ2v) is 5.24. The van der Waals surface area contributed by atoms with Gasteiger partial charge in [0.1, 0.15) is 18.9 Å². The maximum absolute atomic E-state index is 11.9. The van der Waals surface area contributed by atoms with Crippen LogP contribution in [0.2, 0.25) is 0 Å². The van der Waals surface area contributed by atoms with Crippen molar-refractivity contribution in [3.05, 3.63) is 43.0 Å². The van der Waals surface area contributed by atoms with E-state index in [1.165, 1.54) is 10.8 Å². The Kier molecular flexibility index (Phi) is 5.61. The highest BCUT2D eigenvalue weighted by molar-refractivity contribution is 5.66. The summed E-state index contributed by atoms with van der Waals surface area (Å²) >= 11 is 0. The Labute approximate surface area is 136 Å². The van der Waals surface area contributed by atoms with Crippen molar-refractivity contribution in [3.63, 3.8) is 0 Å². The average Bonchev–Trinajstić information content (AvgIpc) is 2.92. The summed E-state index contributed by atoms with van der Waals surface area (Å²) in [7, 11) is 0. The summed E-state index contributed by atoms with van der Waals surface area (Å²) in [6, 6.07) is -0.603. The Hall–Kier alpha value is -2.78. The third kappa shape index (κ3) is 3.94. The van der Waals surface area contributed by atoms with Crippen molar-refractivity contribution in [2.24, 2.45) is 5.11 Å². The molecule has 130 valence electrons. The van der Waals surface area contributed by atoms with Gasteiger partial charge >= 0.3 is 11.8 Å². The molecular weight excluding hydrogens is 320 g/mol. The fourth-order valence-corrected chi connectivity index (χ4v) is 2.38. The molecule has 2 N–H and O–H groups in total. The first-order valence-corrected chi connectivity index (χ1v) is 7.38. The van der Waals surface area contributed by atoms with Crippen molar-refractivity contribution in [1.29, 1.82) is 0 Å². The second kappa shape index (κ2) is 7.66. The van der Waals surface area contributed by atoms with E-state index >= 15 is 0 Å². The lowest BCUT2D eigenvalue weighted by Crippen LogP contribution is -2.34. The third-order valence-corrected chi connectivity index (χ3v) is 3.56. The summed E-state index contributed by atoms with van der Waals surface area (Å²) in [5.41, 5.74) is 7.91. The lowest BCUT2D eigenvalue weighted by Gasteiger charge is -2.16. The number of aryl methyl sites for hydroxylation is 1. The number of alkyl carbamates (subject to hydrolysis) is 1. The Balaban J connectivity index is 2.16. The van der Waals surface area contributed by atoms with Gasteiger partial charge in [0.05, 0.1) is 6.04 Å². The molecule has 2 heterocycles. The van der Waals surface area contributed by atoms with Gasteiger partial charge in [-0.15, -0.1) is 0 Å². The van der Waals surface area contributed by atoms with Gasteiger partial charge in [-0.05, 0) is 19.4 Å². The fraction of sp³-hybridized carbons (Fsp3) is 0.615. The zero-order chi connectivity index (χ0) is 17.7. The number of H-pyrrole nitrogens is 1. The highest BCUT2D eigenvalue weighted by Gasteiger charge is 2.37. The van der Waals surface area contributed by atoms with Gasteiger partial charge in [0.2, 0.25) is 0 Å². The lowest BCUT2D eigenvalue weighted by atomic mass is 10.1. The molecule has 0 aromatic carbocycles. The topological polar surface area (TPSA) is 151 Å². The highest BCUT2D eigenvalue weighted by Crippen LogP contribution is 2.30. The van der Waals surface area contributed by atoms with Crippen LogP contribution in [0, 0.1) is 6.92 Å². The van der Waals surface area contributed by atoms with Crippen LogP contribution in [0.15, 0.2) is 20.9 Å². The molecule has 0 spiro atoms. The number of azide groups is 1. The number of ether oxygens (including phenoxy) is 2. The summed E-state index contributed by atoms with van der Waals surface area (Å²) in [6.07, 6.45) is -0.425. The molecule has 1 saturated heterocycles. The largest absolute Gasteiger partial charge is 0.447 e. The monoisotopic (exact) mass is 338 g/mol. The Morgan fingerprint density at radius 1 is 1.62 bits per heavy atom. The molecule has 0 radical (unpaired) electrons. The first-order chi connectivity index (χ1) is 11.5. The molecule has 0 saturated carbocycles. The minimum absolute atomic E-state index is 0.122. The van der Waals surface area contributed by atoms with Crippen LogP contribution in [0.5, 0.6) is 0 Å². The summed E-state index contributed by atoms with van der Waals surface area (Å²) in [5, 5.41) is 6.10. The summed E-state index contributed by atoms with van der Waals surface area (Å²) in [4.78, 5) is 39.7. The Morgan fingerprint density at radius 2 is 2.38 bits per heavy atom. The molecule has 1 aromatic heterocycles. The number of carbonyl (C=O) groups is 1. The predicted molar refractivity (Wildman–Crippen MR) is 82.5 cm³/mol. The smallest absolute Gasteiger partial charge is 0.407 e. The molecule has 11 heteroatoms. The van der Waals surface area contributed by atoms with Crippen LogP contribution in [0.4, 0.5) is 4.79 Å². The van der Waals surface area contributed by atoms with Crippen molar-refractivity contribution < 1.29 is 14.3 Å². The van der Waals surface area contributed by atoms with Gasteiger partial charge in [-0.3, -0.25) is 14.3 Å². The number of nitrogens with zero attached hydrogens (tertiary/aromatic N) is 4. The average molecular weight is 338 g/mol. The molecule has 1 aliphatic heterocycles.